The quantitative estimate of drug-likeness (QED) is 0.546. The number of rotatable bonds is 7. The Bertz CT molecular complexity index is 1040. The van der Waals surface area contributed by atoms with Gasteiger partial charge in [0.05, 0.1) is 11.1 Å². The molecular weight excluding hydrogens is 396 g/mol. The summed E-state index contributed by atoms with van der Waals surface area (Å²) in [4.78, 5) is 51.0. The van der Waals surface area contributed by atoms with Crippen LogP contribution in [0.5, 0.6) is 0 Å². The normalized spacial score (nSPS) is 13.7. The van der Waals surface area contributed by atoms with Crippen molar-refractivity contribution in [1.29, 1.82) is 0 Å². The summed E-state index contributed by atoms with van der Waals surface area (Å²) in [6, 6.07) is 9.61. The molecule has 3 rings (SSSR count). The van der Waals surface area contributed by atoms with Crippen molar-refractivity contribution in [3.05, 3.63) is 64.2 Å². The van der Waals surface area contributed by atoms with E-state index in [0.29, 0.717) is 0 Å². The summed E-state index contributed by atoms with van der Waals surface area (Å²) in [6.45, 7) is 6.71. The van der Waals surface area contributed by atoms with Crippen LogP contribution in [0.25, 0.3) is 0 Å². The third-order valence-electron chi connectivity index (χ3n) is 5.41. The minimum absolute atomic E-state index is 0.260. The van der Waals surface area contributed by atoms with Crippen molar-refractivity contribution in [3.8, 4) is 0 Å². The van der Waals surface area contributed by atoms with Crippen molar-refractivity contribution >= 4 is 29.4 Å². The second-order valence-corrected chi connectivity index (χ2v) is 7.52. The standard InChI is InChI=1S/C24H26N2O5/c1-5-16-8-7-9-17(6-2)21(16)25-20(27)13-31-24(30)15(4)26-22(28)18-11-10-14(3)12-19(18)23(26)29/h7-12,15H,5-6,13H2,1-4H3,(H,25,27). The van der Waals surface area contributed by atoms with Gasteiger partial charge in [-0.1, -0.05) is 43.7 Å². The number of benzene rings is 2. The van der Waals surface area contributed by atoms with Gasteiger partial charge in [0.1, 0.15) is 6.04 Å². The van der Waals surface area contributed by atoms with E-state index in [1.54, 1.807) is 18.2 Å². The van der Waals surface area contributed by atoms with Crippen LogP contribution in [0.4, 0.5) is 5.69 Å². The first-order valence-electron chi connectivity index (χ1n) is 10.3. The van der Waals surface area contributed by atoms with Gasteiger partial charge in [0.25, 0.3) is 17.7 Å². The lowest BCUT2D eigenvalue weighted by Crippen LogP contribution is -2.44. The Morgan fingerprint density at radius 1 is 1.00 bits per heavy atom. The van der Waals surface area contributed by atoms with E-state index in [2.05, 4.69) is 5.32 Å². The summed E-state index contributed by atoms with van der Waals surface area (Å²) in [7, 11) is 0. The number of hydrogen-bond acceptors (Lipinski definition) is 5. The average molecular weight is 422 g/mol. The summed E-state index contributed by atoms with van der Waals surface area (Å²) < 4.78 is 5.12. The summed E-state index contributed by atoms with van der Waals surface area (Å²) in [5.74, 6) is -2.38. The van der Waals surface area contributed by atoms with E-state index in [0.717, 1.165) is 40.1 Å². The summed E-state index contributed by atoms with van der Waals surface area (Å²) in [5.41, 5.74) is 4.09. The highest BCUT2D eigenvalue weighted by atomic mass is 16.5. The molecule has 0 saturated heterocycles. The molecular formula is C24H26N2O5. The fourth-order valence-corrected chi connectivity index (χ4v) is 3.67. The zero-order valence-electron chi connectivity index (χ0n) is 18.2. The number of nitrogens with zero attached hydrogens (tertiary/aromatic N) is 1. The van der Waals surface area contributed by atoms with Crippen molar-refractivity contribution in [3.63, 3.8) is 0 Å². The van der Waals surface area contributed by atoms with Gasteiger partial charge in [0.2, 0.25) is 0 Å². The topological polar surface area (TPSA) is 92.8 Å². The Balaban J connectivity index is 1.65. The van der Waals surface area contributed by atoms with Crippen LogP contribution >= 0.6 is 0 Å². The van der Waals surface area contributed by atoms with E-state index in [9.17, 15) is 19.2 Å². The molecule has 0 aliphatic carbocycles. The second-order valence-electron chi connectivity index (χ2n) is 7.52. The van der Waals surface area contributed by atoms with Gasteiger partial charge in [-0.05, 0) is 49.9 Å². The van der Waals surface area contributed by atoms with Crippen molar-refractivity contribution in [2.75, 3.05) is 11.9 Å². The highest BCUT2D eigenvalue weighted by molar-refractivity contribution is 6.22. The maximum absolute atomic E-state index is 12.6. The second kappa shape index (κ2) is 9.12. The molecule has 0 fully saturated rings. The lowest BCUT2D eigenvalue weighted by atomic mass is 10.0. The summed E-state index contributed by atoms with van der Waals surface area (Å²) in [5, 5.41) is 2.82. The van der Waals surface area contributed by atoms with Crippen LogP contribution in [0.15, 0.2) is 36.4 Å². The fraction of sp³-hybridized carbons (Fsp3) is 0.333. The molecule has 1 unspecified atom stereocenters. The Labute approximate surface area is 181 Å². The minimum atomic E-state index is -1.14. The Morgan fingerprint density at radius 2 is 1.61 bits per heavy atom. The lowest BCUT2D eigenvalue weighted by molar-refractivity contribution is -0.150. The summed E-state index contributed by atoms with van der Waals surface area (Å²) >= 11 is 0. The third-order valence-corrected chi connectivity index (χ3v) is 5.41. The molecule has 0 saturated carbocycles. The molecule has 7 nitrogen and oxygen atoms in total. The number of fused-ring (bicyclic) bond motifs is 1. The molecule has 0 radical (unpaired) electrons. The van der Waals surface area contributed by atoms with Gasteiger partial charge in [-0.25, -0.2) is 4.79 Å². The number of aryl methyl sites for hydroxylation is 3. The molecule has 1 heterocycles. The molecule has 0 spiro atoms. The first-order chi connectivity index (χ1) is 14.8. The zero-order chi connectivity index (χ0) is 22.7. The zero-order valence-corrected chi connectivity index (χ0v) is 18.2. The van der Waals surface area contributed by atoms with Gasteiger partial charge in [-0.15, -0.1) is 0 Å². The number of carbonyl (C=O) groups excluding carboxylic acids is 4. The predicted octanol–water partition coefficient (Wildman–Crippen LogP) is 3.29. The maximum atomic E-state index is 12.6. The largest absolute Gasteiger partial charge is 0.454 e. The van der Waals surface area contributed by atoms with Crippen LogP contribution in [0.1, 0.15) is 58.2 Å². The minimum Gasteiger partial charge on any atom is -0.454 e. The van der Waals surface area contributed by atoms with Gasteiger partial charge >= 0.3 is 5.97 Å². The SMILES string of the molecule is CCc1cccc(CC)c1NC(=O)COC(=O)C(C)N1C(=O)c2ccc(C)cc2C1=O. The van der Waals surface area contributed by atoms with Crippen LogP contribution in [0.2, 0.25) is 0 Å². The number of imide groups is 1. The van der Waals surface area contributed by atoms with Crippen molar-refractivity contribution in [2.45, 2.75) is 46.6 Å². The number of esters is 1. The Hall–Kier alpha value is -3.48. The smallest absolute Gasteiger partial charge is 0.329 e. The van der Waals surface area contributed by atoms with Crippen molar-refractivity contribution in [2.24, 2.45) is 0 Å². The van der Waals surface area contributed by atoms with Gasteiger partial charge in [-0.3, -0.25) is 19.3 Å². The third kappa shape index (κ3) is 4.35. The molecule has 1 aliphatic rings. The molecule has 0 aromatic heterocycles. The predicted molar refractivity (Wildman–Crippen MR) is 116 cm³/mol. The number of carbonyl (C=O) groups is 4. The van der Waals surface area contributed by atoms with Crippen LogP contribution in [-0.4, -0.2) is 41.2 Å². The van der Waals surface area contributed by atoms with Gasteiger partial charge in [0, 0.05) is 5.69 Å². The first kappa shape index (κ1) is 22.2. The molecule has 3 amide bonds. The van der Waals surface area contributed by atoms with Crippen LogP contribution in [0, 0.1) is 6.92 Å². The van der Waals surface area contributed by atoms with Gasteiger partial charge in [-0.2, -0.15) is 0 Å². The van der Waals surface area contributed by atoms with E-state index in [1.807, 2.05) is 39.0 Å². The van der Waals surface area contributed by atoms with Gasteiger partial charge in [0.15, 0.2) is 6.61 Å². The summed E-state index contributed by atoms with van der Waals surface area (Å²) in [6.07, 6.45) is 1.50. The number of hydrogen-bond donors (Lipinski definition) is 1. The molecule has 7 heteroatoms. The molecule has 31 heavy (non-hydrogen) atoms. The fourth-order valence-electron chi connectivity index (χ4n) is 3.67. The van der Waals surface area contributed by atoms with E-state index >= 15 is 0 Å². The van der Waals surface area contributed by atoms with Gasteiger partial charge < -0.3 is 10.1 Å². The van der Waals surface area contributed by atoms with E-state index in [1.165, 1.54) is 6.92 Å². The molecule has 2 aromatic rings. The van der Waals surface area contributed by atoms with E-state index in [-0.39, 0.29) is 11.1 Å². The monoisotopic (exact) mass is 422 g/mol. The maximum Gasteiger partial charge on any atom is 0.329 e. The number of para-hydroxylation sites is 1. The molecule has 162 valence electrons. The van der Waals surface area contributed by atoms with E-state index < -0.39 is 36.3 Å². The highest BCUT2D eigenvalue weighted by Crippen LogP contribution is 2.26. The molecule has 1 N–H and O–H groups in total. The molecule has 1 atom stereocenters. The molecule has 2 aromatic carbocycles. The number of anilines is 1. The number of nitrogens with one attached hydrogen (secondary N) is 1. The Morgan fingerprint density at radius 3 is 2.23 bits per heavy atom. The van der Waals surface area contributed by atoms with Crippen LogP contribution < -0.4 is 5.32 Å². The van der Waals surface area contributed by atoms with Crippen molar-refractivity contribution < 1.29 is 23.9 Å². The van der Waals surface area contributed by atoms with Crippen LogP contribution in [0.3, 0.4) is 0 Å². The van der Waals surface area contributed by atoms with E-state index in [4.69, 9.17) is 4.74 Å². The molecule has 0 bridgehead atoms. The Kier molecular flexibility index (Phi) is 6.53. The van der Waals surface area contributed by atoms with Crippen molar-refractivity contribution in [1.82, 2.24) is 4.90 Å². The average Bonchev–Trinajstić information content (AvgIpc) is 3.00. The number of amides is 3. The van der Waals surface area contributed by atoms with Crippen LogP contribution in [-0.2, 0) is 27.2 Å². The lowest BCUT2D eigenvalue weighted by Gasteiger charge is -2.21. The first-order valence-corrected chi connectivity index (χ1v) is 10.3. The number of ether oxygens (including phenoxy) is 1. The molecule has 1 aliphatic heterocycles. The highest BCUT2D eigenvalue weighted by Gasteiger charge is 2.41.